The monoisotopic (exact) mass is 251 g/mol. The SMILES string of the molecule is Cc1cc(Nc2ccccc2N(C)C)ccc1C#N. The van der Waals surface area contributed by atoms with Gasteiger partial charge in [-0.15, -0.1) is 0 Å². The highest BCUT2D eigenvalue weighted by Crippen LogP contribution is 2.27. The summed E-state index contributed by atoms with van der Waals surface area (Å²) in [7, 11) is 4.04. The maximum Gasteiger partial charge on any atom is 0.0994 e. The van der Waals surface area contributed by atoms with Crippen LogP contribution in [-0.2, 0) is 0 Å². The maximum absolute atomic E-state index is 8.94. The van der Waals surface area contributed by atoms with Gasteiger partial charge in [0.2, 0.25) is 0 Å². The minimum atomic E-state index is 0.714. The zero-order valence-electron chi connectivity index (χ0n) is 11.4. The summed E-state index contributed by atoms with van der Waals surface area (Å²) in [4.78, 5) is 2.07. The first-order chi connectivity index (χ1) is 9.11. The standard InChI is InChI=1S/C16H17N3/c1-12-10-14(9-8-13(12)11-17)18-15-6-4-5-7-16(15)19(2)3/h4-10,18H,1-3H3. The first-order valence-electron chi connectivity index (χ1n) is 6.16. The molecule has 0 bridgehead atoms. The second-order valence-corrected chi connectivity index (χ2v) is 4.68. The summed E-state index contributed by atoms with van der Waals surface area (Å²) < 4.78 is 0. The Morgan fingerprint density at radius 3 is 2.47 bits per heavy atom. The third kappa shape index (κ3) is 2.86. The summed E-state index contributed by atoms with van der Waals surface area (Å²) in [6.45, 7) is 1.95. The third-order valence-corrected chi connectivity index (χ3v) is 3.01. The van der Waals surface area contributed by atoms with Crippen molar-refractivity contribution in [3.63, 3.8) is 0 Å². The molecule has 19 heavy (non-hydrogen) atoms. The molecule has 0 aliphatic heterocycles. The lowest BCUT2D eigenvalue weighted by molar-refractivity contribution is 1.13. The molecule has 0 unspecified atom stereocenters. The molecular weight excluding hydrogens is 234 g/mol. The van der Waals surface area contributed by atoms with E-state index in [4.69, 9.17) is 5.26 Å². The van der Waals surface area contributed by atoms with Crippen LogP contribution in [-0.4, -0.2) is 14.1 Å². The molecule has 0 amide bonds. The smallest absolute Gasteiger partial charge is 0.0994 e. The molecule has 2 aromatic rings. The highest BCUT2D eigenvalue weighted by Gasteiger charge is 2.05. The van der Waals surface area contributed by atoms with Crippen molar-refractivity contribution in [1.82, 2.24) is 0 Å². The van der Waals surface area contributed by atoms with Crippen molar-refractivity contribution in [3.8, 4) is 6.07 Å². The molecule has 0 saturated carbocycles. The van der Waals surface area contributed by atoms with Gasteiger partial charge in [-0.2, -0.15) is 5.26 Å². The Kier molecular flexibility index (Phi) is 3.72. The van der Waals surface area contributed by atoms with Crippen LogP contribution in [0, 0.1) is 18.3 Å². The lowest BCUT2D eigenvalue weighted by Gasteiger charge is -2.18. The molecular formula is C16H17N3. The van der Waals surface area contributed by atoms with Gasteiger partial charge in [-0.3, -0.25) is 0 Å². The lowest BCUT2D eigenvalue weighted by Crippen LogP contribution is -2.10. The van der Waals surface area contributed by atoms with Crippen molar-refractivity contribution in [2.24, 2.45) is 0 Å². The van der Waals surface area contributed by atoms with Gasteiger partial charge in [-0.1, -0.05) is 12.1 Å². The number of aryl methyl sites for hydroxylation is 1. The Labute approximate surface area is 114 Å². The number of hydrogen-bond acceptors (Lipinski definition) is 3. The van der Waals surface area contributed by atoms with Crippen LogP contribution in [0.25, 0.3) is 0 Å². The van der Waals surface area contributed by atoms with Gasteiger partial charge in [-0.05, 0) is 42.8 Å². The van der Waals surface area contributed by atoms with E-state index in [1.165, 1.54) is 0 Å². The second kappa shape index (κ2) is 5.45. The third-order valence-electron chi connectivity index (χ3n) is 3.01. The molecule has 3 nitrogen and oxygen atoms in total. The number of benzene rings is 2. The van der Waals surface area contributed by atoms with Gasteiger partial charge in [0.05, 0.1) is 23.0 Å². The summed E-state index contributed by atoms with van der Waals surface area (Å²) in [6, 6.07) is 16.1. The molecule has 1 N–H and O–H groups in total. The molecule has 0 radical (unpaired) electrons. The van der Waals surface area contributed by atoms with Crippen molar-refractivity contribution in [1.29, 1.82) is 5.26 Å². The predicted molar refractivity (Wildman–Crippen MR) is 79.9 cm³/mol. The van der Waals surface area contributed by atoms with Crippen LogP contribution in [0.15, 0.2) is 42.5 Å². The van der Waals surface area contributed by atoms with E-state index in [1.807, 2.05) is 57.4 Å². The number of para-hydroxylation sites is 2. The molecule has 0 spiro atoms. The fraction of sp³-hybridized carbons (Fsp3) is 0.188. The highest BCUT2D eigenvalue weighted by atomic mass is 15.1. The number of nitriles is 1. The topological polar surface area (TPSA) is 39.1 Å². The van der Waals surface area contributed by atoms with Gasteiger partial charge in [0.1, 0.15) is 0 Å². The molecule has 0 fully saturated rings. The molecule has 0 atom stereocenters. The first kappa shape index (κ1) is 13.0. The fourth-order valence-electron chi connectivity index (χ4n) is 1.99. The van der Waals surface area contributed by atoms with E-state index in [2.05, 4.69) is 22.4 Å². The van der Waals surface area contributed by atoms with Crippen LogP contribution >= 0.6 is 0 Å². The van der Waals surface area contributed by atoms with E-state index in [1.54, 1.807) is 0 Å². The summed E-state index contributed by atoms with van der Waals surface area (Å²) in [5, 5.41) is 12.3. The van der Waals surface area contributed by atoms with Crippen molar-refractivity contribution >= 4 is 17.1 Å². The minimum Gasteiger partial charge on any atom is -0.376 e. The number of nitrogens with one attached hydrogen (secondary N) is 1. The lowest BCUT2D eigenvalue weighted by atomic mass is 10.1. The van der Waals surface area contributed by atoms with Crippen LogP contribution in [0.3, 0.4) is 0 Å². The number of rotatable bonds is 3. The number of nitrogens with zero attached hydrogens (tertiary/aromatic N) is 2. The van der Waals surface area contributed by atoms with E-state index < -0.39 is 0 Å². The van der Waals surface area contributed by atoms with E-state index in [0.717, 1.165) is 22.6 Å². The molecule has 2 rings (SSSR count). The zero-order chi connectivity index (χ0) is 13.8. The van der Waals surface area contributed by atoms with Crippen molar-refractivity contribution in [2.75, 3.05) is 24.3 Å². The summed E-state index contributed by atoms with van der Waals surface area (Å²) in [6.07, 6.45) is 0. The van der Waals surface area contributed by atoms with E-state index in [9.17, 15) is 0 Å². The number of anilines is 3. The highest BCUT2D eigenvalue weighted by molar-refractivity contribution is 5.75. The normalized spacial score (nSPS) is 9.79. The zero-order valence-corrected chi connectivity index (χ0v) is 11.4. The van der Waals surface area contributed by atoms with Crippen molar-refractivity contribution in [3.05, 3.63) is 53.6 Å². The van der Waals surface area contributed by atoms with Gasteiger partial charge < -0.3 is 10.2 Å². The van der Waals surface area contributed by atoms with Crippen LogP contribution in [0.5, 0.6) is 0 Å². The van der Waals surface area contributed by atoms with Gasteiger partial charge in [0.15, 0.2) is 0 Å². The Morgan fingerprint density at radius 1 is 1.11 bits per heavy atom. The van der Waals surface area contributed by atoms with Crippen LogP contribution in [0.1, 0.15) is 11.1 Å². The molecule has 3 heteroatoms. The number of hydrogen-bond donors (Lipinski definition) is 1. The van der Waals surface area contributed by atoms with Gasteiger partial charge >= 0.3 is 0 Å². The second-order valence-electron chi connectivity index (χ2n) is 4.68. The van der Waals surface area contributed by atoms with Crippen LogP contribution in [0.4, 0.5) is 17.1 Å². The largest absolute Gasteiger partial charge is 0.376 e. The van der Waals surface area contributed by atoms with Gasteiger partial charge in [0, 0.05) is 19.8 Å². The quantitative estimate of drug-likeness (QED) is 0.904. The summed E-state index contributed by atoms with van der Waals surface area (Å²) in [5.74, 6) is 0. The fourth-order valence-corrected chi connectivity index (χ4v) is 1.99. The van der Waals surface area contributed by atoms with Crippen LogP contribution < -0.4 is 10.2 Å². The molecule has 0 aromatic heterocycles. The molecule has 0 aliphatic carbocycles. The van der Waals surface area contributed by atoms with E-state index >= 15 is 0 Å². The Hall–Kier alpha value is -2.47. The Morgan fingerprint density at radius 2 is 1.84 bits per heavy atom. The molecule has 2 aromatic carbocycles. The van der Waals surface area contributed by atoms with E-state index in [0.29, 0.717) is 5.56 Å². The molecule has 96 valence electrons. The summed E-state index contributed by atoms with van der Waals surface area (Å²) in [5.41, 5.74) is 4.87. The molecule has 0 heterocycles. The molecule has 0 aliphatic rings. The average molecular weight is 251 g/mol. The molecule has 0 saturated heterocycles. The van der Waals surface area contributed by atoms with Crippen molar-refractivity contribution < 1.29 is 0 Å². The first-order valence-corrected chi connectivity index (χ1v) is 6.16. The maximum atomic E-state index is 8.94. The van der Waals surface area contributed by atoms with Crippen molar-refractivity contribution in [2.45, 2.75) is 6.92 Å². The Balaban J connectivity index is 2.32. The minimum absolute atomic E-state index is 0.714. The summed E-state index contributed by atoms with van der Waals surface area (Å²) >= 11 is 0. The van der Waals surface area contributed by atoms with Gasteiger partial charge in [0.25, 0.3) is 0 Å². The average Bonchev–Trinajstić information content (AvgIpc) is 2.39. The van der Waals surface area contributed by atoms with E-state index in [-0.39, 0.29) is 0 Å². The van der Waals surface area contributed by atoms with Crippen LogP contribution in [0.2, 0.25) is 0 Å². The van der Waals surface area contributed by atoms with Gasteiger partial charge in [-0.25, -0.2) is 0 Å². The predicted octanol–water partition coefficient (Wildman–Crippen LogP) is 3.68. The Bertz CT molecular complexity index is 624.